The lowest BCUT2D eigenvalue weighted by Crippen LogP contribution is -2.38. The Labute approximate surface area is 145 Å². The maximum atomic E-state index is 12.0. The summed E-state index contributed by atoms with van der Waals surface area (Å²) in [4.78, 5) is 24.0. The predicted molar refractivity (Wildman–Crippen MR) is 95.4 cm³/mol. The second-order valence-corrected chi connectivity index (χ2v) is 7.69. The number of hydrogen-bond acceptors (Lipinski definition) is 4. The van der Waals surface area contributed by atoms with Crippen molar-refractivity contribution >= 4 is 28.2 Å². The number of fused-ring (bicyclic) bond motifs is 3. The van der Waals surface area contributed by atoms with Crippen LogP contribution in [-0.4, -0.2) is 37.3 Å². The lowest BCUT2D eigenvalue weighted by Gasteiger charge is -2.22. The Bertz CT molecular complexity index is 920. The highest BCUT2D eigenvalue weighted by Crippen LogP contribution is 2.34. The van der Waals surface area contributed by atoms with Gasteiger partial charge in [0.15, 0.2) is 0 Å². The van der Waals surface area contributed by atoms with E-state index in [1.165, 1.54) is 0 Å². The maximum absolute atomic E-state index is 12.0. The van der Waals surface area contributed by atoms with E-state index < -0.39 is 5.60 Å². The van der Waals surface area contributed by atoms with Gasteiger partial charge in [-0.05, 0) is 46.1 Å². The van der Waals surface area contributed by atoms with Crippen LogP contribution in [0, 0.1) is 0 Å². The molecule has 0 bridgehead atoms. The fraction of sp³-hybridized carbons (Fsp3) is 0.500. The third-order valence-electron chi connectivity index (χ3n) is 4.64. The minimum absolute atomic E-state index is 0.126. The summed E-state index contributed by atoms with van der Waals surface area (Å²) in [5, 5.41) is 4.08. The van der Waals surface area contributed by atoms with Crippen molar-refractivity contribution in [3.63, 3.8) is 0 Å². The summed E-state index contributed by atoms with van der Waals surface area (Å²) in [5.41, 5.74) is 2.40. The van der Waals surface area contributed by atoms with Gasteiger partial charge in [-0.15, -0.1) is 0 Å². The van der Waals surface area contributed by atoms with E-state index in [2.05, 4.69) is 24.8 Å². The second-order valence-electron chi connectivity index (χ2n) is 7.69. The molecule has 2 atom stereocenters. The van der Waals surface area contributed by atoms with Crippen molar-refractivity contribution in [2.24, 2.45) is 0 Å². The Morgan fingerprint density at radius 1 is 1.36 bits per heavy atom. The average Bonchev–Trinajstić information content (AvgIpc) is 3.22. The molecule has 0 saturated heterocycles. The first kappa shape index (κ1) is 15.9. The number of nitrogens with one attached hydrogen (secondary N) is 2. The van der Waals surface area contributed by atoms with Crippen molar-refractivity contribution < 1.29 is 9.53 Å². The number of pyridine rings is 1. The molecule has 3 heterocycles. The monoisotopic (exact) mass is 341 g/mol. The van der Waals surface area contributed by atoms with Gasteiger partial charge in [0, 0.05) is 23.7 Å². The number of nitrogens with zero attached hydrogens (tertiary/aromatic N) is 3. The number of aromatic nitrogens is 4. The van der Waals surface area contributed by atoms with E-state index in [0.29, 0.717) is 6.04 Å². The fourth-order valence-electron chi connectivity index (χ4n) is 3.62. The van der Waals surface area contributed by atoms with Crippen molar-refractivity contribution in [3.05, 3.63) is 24.8 Å². The molecule has 7 nitrogen and oxygen atoms in total. The quantitative estimate of drug-likeness (QED) is 0.747. The Balaban J connectivity index is 1.53. The van der Waals surface area contributed by atoms with E-state index in [1.807, 2.05) is 39.4 Å². The number of carbonyl (C=O) groups excluding carboxylic acids is 1. The summed E-state index contributed by atoms with van der Waals surface area (Å²) in [5.74, 6) is 0. The van der Waals surface area contributed by atoms with Crippen molar-refractivity contribution in [1.29, 1.82) is 0 Å². The first-order chi connectivity index (χ1) is 11.9. The van der Waals surface area contributed by atoms with E-state index in [0.717, 1.165) is 41.3 Å². The van der Waals surface area contributed by atoms with E-state index in [-0.39, 0.29) is 12.1 Å². The SMILES string of the molecule is CC(C)(C)OC(=O)N[C@H]1CC[C@@H](n2cnc3cnc4[nH]ccc4c32)C1. The molecule has 0 aliphatic heterocycles. The molecule has 1 aliphatic carbocycles. The average molecular weight is 341 g/mol. The van der Waals surface area contributed by atoms with Gasteiger partial charge in [0.25, 0.3) is 0 Å². The van der Waals surface area contributed by atoms with Gasteiger partial charge in [0.2, 0.25) is 0 Å². The van der Waals surface area contributed by atoms with Gasteiger partial charge in [-0.3, -0.25) is 0 Å². The van der Waals surface area contributed by atoms with Gasteiger partial charge in [0.05, 0.1) is 18.0 Å². The Morgan fingerprint density at radius 2 is 2.20 bits per heavy atom. The van der Waals surface area contributed by atoms with Crippen LogP contribution in [0.1, 0.15) is 46.1 Å². The highest BCUT2D eigenvalue weighted by molar-refractivity contribution is 6.00. The van der Waals surface area contributed by atoms with Gasteiger partial charge in [0.1, 0.15) is 16.8 Å². The molecule has 7 heteroatoms. The van der Waals surface area contributed by atoms with Crippen molar-refractivity contribution in [3.8, 4) is 0 Å². The maximum Gasteiger partial charge on any atom is 0.407 e. The van der Waals surface area contributed by atoms with E-state index in [9.17, 15) is 4.79 Å². The number of imidazole rings is 1. The van der Waals surface area contributed by atoms with Gasteiger partial charge >= 0.3 is 6.09 Å². The predicted octanol–water partition coefficient (Wildman–Crippen LogP) is 3.53. The number of H-pyrrole nitrogens is 1. The van der Waals surface area contributed by atoms with Gasteiger partial charge in [-0.2, -0.15) is 0 Å². The third kappa shape index (κ3) is 3.06. The number of alkyl carbamates (subject to hydrolysis) is 1. The van der Waals surface area contributed by atoms with E-state index in [4.69, 9.17) is 4.74 Å². The molecule has 0 radical (unpaired) electrons. The summed E-state index contributed by atoms with van der Waals surface area (Å²) in [7, 11) is 0. The summed E-state index contributed by atoms with van der Waals surface area (Å²) in [6, 6.07) is 2.47. The number of aromatic amines is 1. The number of amides is 1. The molecule has 0 unspecified atom stereocenters. The van der Waals surface area contributed by atoms with Crippen molar-refractivity contribution in [2.45, 2.75) is 57.7 Å². The number of ether oxygens (including phenoxy) is 1. The summed E-state index contributed by atoms with van der Waals surface area (Å²) in [6.45, 7) is 5.62. The van der Waals surface area contributed by atoms with Crippen LogP contribution in [0.25, 0.3) is 22.1 Å². The van der Waals surface area contributed by atoms with Crippen LogP contribution in [-0.2, 0) is 4.74 Å². The zero-order valence-corrected chi connectivity index (χ0v) is 14.7. The van der Waals surface area contributed by atoms with Crippen LogP contribution in [0.15, 0.2) is 24.8 Å². The second kappa shape index (κ2) is 5.75. The number of hydrogen-bond donors (Lipinski definition) is 2. The smallest absolute Gasteiger partial charge is 0.407 e. The highest BCUT2D eigenvalue weighted by atomic mass is 16.6. The van der Waals surface area contributed by atoms with E-state index >= 15 is 0 Å². The minimum Gasteiger partial charge on any atom is -0.444 e. The minimum atomic E-state index is -0.477. The molecule has 4 rings (SSSR count). The van der Waals surface area contributed by atoms with Crippen LogP contribution in [0.2, 0.25) is 0 Å². The molecule has 1 saturated carbocycles. The summed E-state index contributed by atoms with van der Waals surface area (Å²) >= 11 is 0. The number of carbonyl (C=O) groups is 1. The van der Waals surface area contributed by atoms with Crippen LogP contribution in [0.4, 0.5) is 4.79 Å². The molecule has 1 aliphatic rings. The molecule has 132 valence electrons. The molecule has 1 amide bonds. The van der Waals surface area contributed by atoms with Gasteiger partial charge in [-0.1, -0.05) is 0 Å². The van der Waals surface area contributed by atoms with Crippen LogP contribution in [0.5, 0.6) is 0 Å². The van der Waals surface area contributed by atoms with Gasteiger partial charge < -0.3 is 19.6 Å². The van der Waals surface area contributed by atoms with Crippen molar-refractivity contribution in [1.82, 2.24) is 24.8 Å². The summed E-state index contributed by atoms with van der Waals surface area (Å²) in [6.07, 6.45) is 8.06. The van der Waals surface area contributed by atoms with Crippen LogP contribution >= 0.6 is 0 Å². The number of rotatable bonds is 2. The zero-order valence-electron chi connectivity index (χ0n) is 14.7. The molecule has 1 fully saturated rings. The normalized spacial score (nSPS) is 21.1. The lowest BCUT2D eigenvalue weighted by atomic mass is 10.2. The highest BCUT2D eigenvalue weighted by Gasteiger charge is 2.29. The molecular weight excluding hydrogens is 318 g/mol. The Hall–Kier alpha value is -2.57. The van der Waals surface area contributed by atoms with E-state index in [1.54, 1.807) is 6.20 Å². The topological polar surface area (TPSA) is 84.8 Å². The molecule has 0 aromatic carbocycles. The first-order valence-corrected chi connectivity index (χ1v) is 8.69. The van der Waals surface area contributed by atoms with Crippen LogP contribution in [0.3, 0.4) is 0 Å². The molecule has 3 aromatic heterocycles. The van der Waals surface area contributed by atoms with Crippen LogP contribution < -0.4 is 5.32 Å². The first-order valence-electron chi connectivity index (χ1n) is 8.69. The summed E-state index contributed by atoms with van der Waals surface area (Å²) < 4.78 is 7.59. The molecule has 3 aromatic rings. The van der Waals surface area contributed by atoms with Gasteiger partial charge in [-0.25, -0.2) is 14.8 Å². The standard InChI is InChI=1S/C18H23N5O2/c1-18(2,3)25-17(24)22-11-4-5-12(8-11)23-10-21-14-9-20-16-13(15(14)23)6-7-19-16/h6-7,9-12H,4-5,8H2,1-3H3,(H,19,20)(H,22,24)/t11-,12+/m0/s1. The molecule has 25 heavy (non-hydrogen) atoms. The third-order valence-corrected chi connectivity index (χ3v) is 4.64. The fourth-order valence-corrected chi connectivity index (χ4v) is 3.62. The molecule has 2 N–H and O–H groups in total. The lowest BCUT2D eigenvalue weighted by molar-refractivity contribution is 0.0505. The largest absolute Gasteiger partial charge is 0.444 e. The Kier molecular flexibility index (Phi) is 3.67. The zero-order chi connectivity index (χ0) is 17.6. The molecule has 0 spiro atoms. The van der Waals surface area contributed by atoms with Crippen molar-refractivity contribution in [2.75, 3.05) is 0 Å². The molecular formula is C18H23N5O2. The Morgan fingerprint density at radius 3 is 3.00 bits per heavy atom.